The van der Waals surface area contributed by atoms with E-state index in [0.717, 1.165) is 5.01 Å². The molecule has 2 unspecified atom stereocenters. The lowest BCUT2D eigenvalue weighted by Gasteiger charge is -2.34. The number of halogens is 4. The molecule has 2 heterocycles. The SMILES string of the molecule is CC(C)Oc1ccc(F)c(N2CCC(Oc3ccc(N4N=C(C(F)(F)F)C(C)C4CC(=O)O)cc3)CC2)c1. The minimum absolute atomic E-state index is 0.0192. The molecule has 0 aliphatic carbocycles. The van der Waals surface area contributed by atoms with Crippen molar-refractivity contribution in [2.45, 2.75) is 64.5 Å². The van der Waals surface area contributed by atoms with E-state index in [1.54, 1.807) is 36.4 Å². The number of hydrogen-bond donors (Lipinski definition) is 1. The number of carboxylic acid groups (broad SMARTS) is 1. The number of aliphatic carboxylic acids is 1. The highest BCUT2D eigenvalue weighted by atomic mass is 19.4. The van der Waals surface area contributed by atoms with Crippen LogP contribution >= 0.6 is 0 Å². The number of piperidine rings is 1. The molecule has 11 heteroatoms. The number of carbonyl (C=O) groups is 1. The number of benzene rings is 2. The number of hydrogen-bond acceptors (Lipinski definition) is 6. The molecular formula is C27H31F4N3O4. The van der Waals surface area contributed by atoms with Crippen LogP contribution in [0.15, 0.2) is 47.6 Å². The summed E-state index contributed by atoms with van der Waals surface area (Å²) in [6, 6.07) is 10.2. The van der Waals surface area contributed by atoms with Gasteiger partial charge in [-0.3, -0.25) is 9.80 Å². The Labute approximate surface area is 218 Å². The summed E-state index contributed by atoms with van der Waals surface area (Å²) in [4.78, 5) is 13.2. The molecule has 206 valence electrons. The van der Waals surface area contributed by atoms with E-state index in [9.17, 15) is 27.5 Å². The van der Waals surface area contributed by atoms with Crippen LogP contribution in [-0.2, 0) is 4.79 Å². The molecule has 38 heavy (non-hydrogen) atoms. The highest BCUT2D eigenvalue weighted by Gasteiger charge is 2.48. The van der Waals surface area contributed by atoms with Gasteiger partial charge in [-0.2, -0.15) is 18.3 Å². The van der Waals surface area contributed by atoms with Gasteiger partial charge in [-0.25, -0.2) is 4.39 Å². The number of hydrazone groups is 1. The van der Waals surface area contributed by atoms with Gasteiger partial charge in [0.2, 0.25) is 0 Å². The van der Waals surface area contributed by atoms with Crippen LogP contribution < -0.4 is 19.4 Å². The van der Waals surface area contributed by atoms with E-state index in [4.69, 9.17) is 9.47 Å². The van der Waals surface area contributed by atoms with Gasteiger partial charge < -0.3 is 19.5 Å². The predicted molar refractivity (Wildman–Crippen MR) is 136 cm³/mol. The molecule has 7 nitrogen and oxygen atoms in total. The van der Waals surface area contributed by atoms with Gasteiger partial charge in [-0.15, -0.1) is 0 Å². The second kappa shape index (κ2) is 11.1. The molecule has 0 radical (unpaired) electrons. The average molecular weight is 538 g/mol. The van der Waals surface area contributed by atoms with Gasteiger partial charge in [0.15, 0.2) is 0 Å². The molecule has 2 aromatic carbocycles. The molecule has 0 aromatic heterocycles. The first-order valence-electron chi connectivity index (χ1n) is 12.6. The summed E-state index contributed by atoms with van der Waals surface area (Å²) in [5.41, 5.74) is -0.155. The number of rotatable bonds is 8. The van der Waals surface area contributed by atoms with E-state index >= 15 is 0 Å². The summed E-state index contributed by atoms with van der Waals surface area (Å²) in [6.45, 7) is 6.32. The van der Waals surface area contributed by atoms with E-state index in [0.29, 0.717) is 48.8 Å². The van der Waals surface area contributed by atoms with Gasteiger partial charge in [-0.05, 0) is 50.2 Å². The Kier molecular flexibility index (Phi) is 8.03. The quantitative estimate of drug-likeness (QED) is 0.424. The lowest BCUT2D eigenvalue weighted by atomic mass is 9.94. The summed E-state index contributed by atoms with van der Waals surface area (Å²) in [7, 11) is 0. The molecule has 0 amide bonds. The minimum atomic E-state index is -4.64. The van der Waals surface area contributed by atoms with E-state index in [-0.39, 0.29) is 18.0 Å². The third kappa shape index (κ3) is 6.31. The molecule has 1 fully saturated rings. The van der Waals surface area contributed by atoms with Crippen LogP contribution in [0.2, 0.25) is 0 Å². The van der Waals surface area contributed by atoms with Crippen LogP contribution in [0.5, 0.6) is 11.5 Å². The molecular weight excluding hydrogens is 506 g/mol. The highest BCUT2D eigenvalue weighted by molar-refractivity contribution is 5.95. The maximum Gasteiger partial charge on any atom is 0.431 e. The molecule has 1 N–H and O–H groups in total. The Balaban J connectivity index is 1.39. The second-order valence-corrected chi connectivity index (χ2v) is 9.86. The van der Waals surface area contributed by atoms with Gasteiger partial charge in [0, 0.05) is 37.9 Å². The Morgan fingerprint density at radius 1 is 1.11 bits per heavy atom. The van der Waals surface area contributed by atoms with E-state index in [1.165, 1.54) is 13.0 Å². The average Bonchev–Trinajstić information content (AvgIpc) is 3.17. The Morgan fingerprint density at radius 2 is 1.74 bits per heavy atom. The molecule has 1 saturated heterocycles. The summed E-state index contributed by atoms with van der Waals surface area (Å²) in [6.07, 6.45) is -3.95. The van der Waals surface area contributed by atoms with E-state index < -0.39 is 36.2 Å². The van der Waals surface area contributed by atoms with Crippen LogP contribution in [0.4, 0.5) is 28.9 Å². The first-order valence-corrected chi connectivity index (χ1v) is 12.6. The number of anilines is 2. The summed E-state index contributed by atoms with van der Waals surface area (Å²) in [5, 5.41) is 14.1. The molecule has 0 saturated carbocycles. The first kappa shape index (κ1) is 27.5. The summed E-state index contributed by atoms with van der Waals surface area (Å²) in [5.74, 6) is -1.46. The van der Waals surface area contributed by atoms with Gasteiger partial charge >= 0.3 is 12.1 Å². The highest BCUT2D eigenvalue weighted by Crippen LogP contribution is 2.37. The molecule has 2 aliphatic rings. The zero-order valence-corrected chi connectivity index (χ0v) is 21.4. The van der Waals surface area contributed by atoms with Crippen molar-refractivity contribution in [1.29, 1.82) is 0 Å². The molecule has 4 rings (SSSR count). The third-order valence-electron chi connectivity index (χ3n) is 6.69. The Bertz CT molecular complexity index is 1160. The smallest absolute Gasteiger partial charge is 0.431 e. The Morgan fingerprint density at radius 3 is 2.32 bits per heavy atom. The van der Waals surface area contributed by atoms with Gasteiger partial charge in [0.25, 0.3) is 0 Å². The fraction of sp³-hybridized carbons (Fsp3) is 0.481. The fourth-order valence-corrected chi connectivity index (χ4v) is 4.85. The number of carboxylic acids is 1. The fourth-order valence-electron chi connectivity index (χ4n) is 4.85. The molecule has 0 spiro atoms. The second-order valence-electron chi connectivity index (χ2n) is 9.86. The molecule has 2 aliphatic heterocycles. The molecule has 2 aromatic rings. The van der Waals surface area contributed by atoms with Crippen molar-refractivity contribution in [2.24, 2.45) is 11.0 Å². The lowest BCUT2D eigenvalue weighted by Crippen LogP contribution is -2.38. The van der Waals surface area contributed by atoms with E-state index in [1.807, 2.05) is 18.7 Å². The lowest BCUT2D eigenvalue weighted by molar-refractivity contribution is -0.137. The van der Waals surface area contributed by atoms with Gasteiger partial charge in [0.05, 0.1) is 29.9 Å². The van der Waals surface area contributed by atoms with Gasteiger partial charge in [-0.1, -0.05) is 6.92 Å². The van der Waals surface area contributed by atoms with Crippen molar-refractivity contribution >= 4 is 23.1 Å². The van der Waals surface area contributed by atoms with Crippen LogP contribution in [0, 0.1) is 11.7 Å². The number of alkyl halides is 3. The van der Waals surface area contributed by atoms with E-state index in [2.05, 4.69) is 5.10 Å². The number of nitrogens with zero attached hydrogens (tertiary/aromatic N) is 3. The van der Waals surface area contributed by atoms with Gasteiger partial charge in [0.1, 0.15) is 29.1 Å². The van der Waals surface area contributed by atoms with Crippen LogP contribution in [-0.4, -0.2) is 54.3 Å². The first-order chi connectivity index (χ1) is 17.9. The normalized spacial score (nSPS) is 20.6. The Hall–Kier alpha value is -3.50. The van der Waals surface area contributed by atoms with Crippen molar-refractivity contribution < 1.29 is 36.9 Å². The standard InChI is InChI=1S/C27H31F4N3O4/c1-16(2)37-21-8-9-22(28)24(14-21)33-12-10-20(11-13-33)38-19-6-4-18(5-7-19)34-23(15-25(35)36)17(3)26(32-34)27(29,30)31/h4-9,14,16-17,20,23H,10-13,15H2,1-3H3,(H,35,36). The summed E-state index contributed by atoms with van der Waals surface area (Å²) >= 11 is 0. The van der Waals surface area contributed by atoms with Crippen molar-refractivity contribution in [2.75, 3.05) is 23.0 Å². The minimum Gasteiger partial charge on any atom is -0.491 e. The van der Waals surface area contributed by atoms with Crippen LogP contribution in [0.3, 0.4) is 0 Å². The maximum atomic E-state index is 14.5. The van der Waals surface area contributed by atoms with Crippen molar-refractivity contribution in [3.63, 3.8) is 0 Å². The third-order valence-corrected chi connectivity index (χ3v) is 6.69. The van der Waals surface area contributed by atoms with Crippen LogP contribution in [0.1, 0.15) is 40.0 Å². The largest absolute Gasteiger partial charge is 0.491 e. The number of ether oxygens (including phenoxy) is 2. The van der Waals surface area contributed by atoms with Crippen molar-refractivity contribution in [3.8, 4) is 11.5 Å². The monoisotopic (exact) mass is 537 g/mol. The van der Waals surface area contributed by atoms with Crippen LogP contribution in [0.25, 0.3) is 0 Å². The van der Waals surface area contributed by atoms with Crippen molar-refractivity contribution in [1.82, 2.24) is 0 Å². The van der Waals surface area contributed by atoms with Crippen molar-refractivity contribution in [3.05, 3.63) is 48.3 Å². The zero-order chi connectivity index (χ0) is 27.6. The molecule has 2 atom stereocenters. The topological polar surface area (TPSA) is 74.6 Å². The zero-order valence-electron chi connectivity index (χ0n) is 21.4. The maximum absolute atomic E-state index is 14.5. The molecule has 0 bridgehead atoms. The predicted octanol–water partition coefficient (Wildman–Crippen LogP) is 5.88. The summed E-state index contributed by atoms with van der Waals surface area (Å²) < 4.78 is 66.5.